The number of hydrogen-bond donors (Lipinski definition) is 0. The topological polar surface area (TPSA) is 52.4 Å². The first-order valence-corrected chi connectivity index (χ1v) is 10.7. The van der Waals surface area contributed by atoms with Crippen molar-refractivity contribution in [2.75, 3.05) is 20.8 Å². The number of pyridine rings is 1. The number of fused-ring (bicyclic) bond motifs is 1. The molecule has 0 spiro atoms. The van der Waals surface area contributed by atoms with Crippen molar-refractivity contribution in [1.29, 1.82) is 0 Å². The fourth-order valence-electron chi connectivity index (χ4n) is 4.55. The van der Waals surface area contributed by atoms with Gasteiger partial charge in [-0.3, -0.25) is 14.6 Å². The number of hydrogen-bond acceptors (Lipinski definition) is 5. The highest BCUT2D eigenvalue weighted by atomic mass is 16.5. The molecule has 162 valence electrons. The van der Waals surface area contributed by atoms with Gasteiger partial charge in [0.25, 0.3) is 0 Å². The maximum absolute atomic E-state index is 5.64. The van der Waals surface area contributed by atoms with E-state index in [4.69, 9.17) is 9.47 Å². The Bertz CT molecular complexity index is 1190. The molecule has 2 aromatic heterocycles. The molecule has 2 aromatic carbocycles. The van der Waals surface area contributed by atoms with Crippen LogP contribution in [-0.4, -0.2) is 40.4 Å². The summed E-state index contributed by atoms with van der Waals surface area (Å²) < 4.78 is 13.3. The third kappa shape index (κ3) is 3.74. The zero-order valence-corrected chi connectivity index (χ0v) is 18.3. The van der Waals surface area contributed by atoms with Gasteiger partial charge >= 0.3 is 0 Å². The van der Waals surface area contributed by atoms with Gasteiger partial charge in [0, 0.05) is 30.7 Å². The van der Waals surface area contributed by atoms with Crippen molar-refractivity contribution >= 4 is 0 Å². The average Bonchev–Trinajstić information content (AvgIpc) is 3.32. The van der Waals surface area contributed by atoms with Gasteiger partial charge in [0.05, 0.1) is 32.6 Å². The van der Waals surface area contributed by atoms with Crippen molar-refractivity contribution in [3.8, 4) is 22.8 Å². The minimum atomic E-state index is 0.0886. The predicted octanol–water partition coefficient (Wildman–Crippen LogP) is 4.57. The highest BCUT2D eigenvalue weighted by Gasteiger charge is 2.31. The van der Waals surface area contributed by atoms with Crippen molar-refractivity contribution < 1.29 is 9.47 Å². The normalized spacial score (nSPS) is 15.9. The molecule has 0 fully saturated rings. The molecule has 6 nitrogen and oxygen atoms in total. The van der Waals surface area contributed by atoms with Gasteiger partial charge in [-0.1, -0.05) is 30.3 Å². The largest absolute Gasteiger partial charge is 0.493 e. The highest BCUT2D eigenvalue weighted by molar-refractivity contribution is 5.57. The van der Waals surface area contributed by atoms with E-state index < -0.39 is 0 Å². The Morgan fingerprint density at radius 2 is 1.75 bits per heavy atom. The molecular weight excluding hydrogens is 400 g/mol. The van der Waals surface area contributed by atoms with Gasteiger partial charge in [0.15, 0.2) is 11.5 Å². The molecule has 1 unspecified atom stereocenters. The zero-order valence-electron chi connectivity index (χ0n) is 18.3. The third-order valence-corrected chi connectivity index (χ3v) is 6.08. The van der Waals surface area contributed by atoms with Crippen molar-refractivity contribution in [3.05, 3.63) is 95.9 Å². The predicted molar refractivity (Wildman–Crippen MR) is 124 cm³/mol. The molecule has 0 bridgehead atoms. The van der Waals surface area contributed by atoms with Crippen molar-refractivity contribution in [3.63, 3.8) is 0 Å². The number of nitrogens with zero attached hydrogens (tertiary/aromatic N) is 4. The lowest BCUT2D eigenvalue weighted by Gasteiger charge is -2.38. The second-order valence-electron chi connectivity index (χ2n) is 7.88. The second-order valence-corrected chi connectivity index (χ2v) is 7.88. The molecule has 1 aliphatic heterocycles. The molecule has 0 saturated heterocycles. The van der Waals surface area contributed by atoms with Crippen molar-refractivity contribution in [2.24, 2.45) is 0 Å². The number of rotatable bonds is 6. The van der Waals surface area contributed by atoms with Crippen LogP contribution < -0.4 is 9.47 Å². The first-order valence-electron chi connectivity index (χ1n) is 10.7. The summed E-state index contributed by atoms with van der Waals surface area (Å²) in [6.45, 7) is 1.58. The molecule has 5 rings (SSSR count). The summed E-state index contributed by atoms with van der Waals surface area (Å²) in [5.41, 5.74) is 5.90. The average molecular weight is 427 g/mol. The molecule has 0 saturated carbocycles. The number of benzene rings is 2. The van der Waals surface area contributed by atoms with Gasteiger partial charge in [0.1, 0.15) is 0 Å². The lowest BCUT2D eigenvalue weighted by Crippen LogP contribution is -2.38. The number of ether oxygens (including phenoxy) is 2. The Labute approximate surface area is 188 Å². The van der Waals surface area contributed by atoms with Gasteiger partial charge < -0.3 is 9.47 Å². The first-order chi connectivity index (χ1) is 15.8. The number of aromatic nitrogens is 3. The van der Waals surface area contributed by atoms with E-state index in [1.165, 1.54) is 16.7 Å². The van der Waals surface area contributed by atoms with Gasteiger partial charge in [-0.2, -0.15) is 5.10 Å². The Hall–Kier alpha value is -3.64. The van der Waals surface area contributed by atoms with E-state index >= 15 is 0 Å². The number of methoxy groups -OCH3 is 2. The fraction of sp³-hybridized carbons (Fsp3) is 0.231. The minimum Gasteiger partial charge on any atom is -0.493 e. The van der Waals surface area contributed by atoms with Crippen LogP contribution in [0.3, 0.4) is 0 Å². The Kier molecular flexibility index (Phi) is 5.60. The molecular formula is C26H26N4O2. The monoisotopic (exact) mass is 426 g/mol. The van der Waals surface area contributed by atoms with Crippen LogP contribution in [-0.2, 0) is 13.1 Å². The molecule has 3 heterocycles. The molecule has 0 aliphatic carbocycles. The van der Waals surface area contributed by atoms with Crippen LogP contribution in [0.15, 0.2) is 79.3 Å². The summed E-state index contributed by atoms with van der Waals surface area (Å²) in [6.07, 6.45) is 6.46. The van der Waals surface area contributed by atoms with E-state index in [-0.39, 0.29) is 6.04 Å². The Morgan fingerprint density at radius 3 is 2.50 bits per heavy atom. The molecule has 0 N–H and O–H groups in total. The molecule has 0 amide bonds. The molecule has 32 heavy (non-hydrogen) atoms. The van der Waals surface area contributed by atoms with Crippen LogP contribution in [0.25, 0.3) is 11.3 Å². The second kappa shape index (κ2) is 8.85. The van der Waals surface area contributed by atoms with Crippen LogP contribution in [0.1, 0.15) is 22.7 Å². The van der Waals surface area contributed by atoms with Gasteiger partial charge in [-0.05, 0) is 53.4 Å². The van der Waals surface area contributed by atoms with Gasteiger partial charge in [0.2, 0.25) is 0 Å². The van der Waals surface area contributed by atoms with Crippen LogP contribution in [0, 0.1) is 0 Å². The first kappa shape index (κ1) is 20.3. The summed E-state index contributed by atoms with van der Waals surface area (Å²) in [7, 11) is 3.37. The zero-order chi connectivity index (χ0) is 21.9. The maximum atomic E-state index is 5.64. The lowest BCUT2D eigenvalue weighted by atomic mass is 9.88. The van der Waals surface area contributed by atoms with Crippen LogP contribution in [0.4, 0.5) is 0 Å². The van der Waals surface area contributed by atoms with E-state index in [0.717, 1.165) is 35.7 Å². The van der Waals surface area contributed by atoms with Gasteiger partial charge in [-0.25, -0.2) is 0 Å². The summed E-state index contributed by atoms with van der Waals surface area (Å²) in [4.78, 5) is 6.74. The van der Waals surface area contributed by atoms with Gasteiger partial charge in [-0.15, -0.1) is 0 Å². The van der Waals surface area contributed by atoms with E-state index in [9.17, 15) is 0 Å². The van der Waals surface area contributed by atoms with E-state index in [1.807, 2.05) is 24.5 Å². The summed E-state index contributed by atoms with van der Waals surface area (Å²) in [6, 6.07) is 21.0. The van der Waals surface area contributed by atoms with E-state index in [0.29, 0.717) is 6.67 Å². The molecule has 4 aromatic rings. The Balaban J connectivity index is 1.56. The van der Waals surface area contributed by atoms with E-state index in [1.54, 1.807) is 20.4 Å². The third-order valence-electron chi connectivity index (χ3n) is 6.08. The highest BCUT2D eigenvalue weighted by Crippen LogP contribution is 2.41. The summed E-state index contributed by atoms with van der Waals surface area (Å²) >= 11 is 0. The SMILES string of the molecule is COc1cc2c(cc1OC)C(c1ccccc1)N(Cn1nccc1-c1cccnc1)CC2. The van der Waals surface area contributed by atoms with Crippen LogP contribution in [0.5, 0.6) is 11.5 Å². The fourth-order valence-corrected chi connectivity index (χ4v) is 4.55. The molecule has 1 aliphatic rings. The van der Waals surface area contributed by atoms with Crippen LogP contribution in [0.2, 0.25) is 0 Å². The van der Waals surface area contributed by atoms with Crippen molar-refractivity contribution in [2.45, 2.75) is 19.1 Å². The lowest BCUT2D eigenvalue weighted by molar-refractivity contribution is 0.157. The summed E-state index contributed by atoms with van der Waals surface area (Å²) in [5.74, 6) is 1.53. The maximum Gasteiger partial charge on any atom is 0.161 e. The Morgan fingerprint density at radius 1 is 0.938 bits per heavy atom. The van der Waals surface area contributed by atoms with Crippen LogP contribution >= 0.6 is 0 Å². The van der Waals surface area contributed by atoms with E-state index in [2.05, 4.69) is 68.2 Å². The molecule has 0 radical (unpaired) electrons. The van der Waals surface area contributed by atoms with Crippen molar-refractivity contribution in [1.82, 2.24) is 19.7 Å². The molecule has 1 atom stereocenters. The quantitative estimate of drug-likeness (QED) is 0.452. The summed E-state index contributed by atoms with van der Waals surface area (Å²) in [5, 5.41) is 4.63. The standard InChI is InChI=1S/C26H26N4O2/c1-31-24-15-20-11-14-29(18-30-23(10-13-28-30)21-9-6-12-27-17-21)26(19-7-4-3-5-8-19)22(20)16-25(24)32-2/h3-10,12-13,15-17,26H,11,14,18H2,1-2H3. The smallest absolute Gasteiger partial charge is 0.161 e. The molecule has 6 heteroatoms. The minimum absolute atomic E-state index is 0.0886.